The molecule has 182 valence electrons. The molecule has 1 amide bonds. The average molecular weight is 468 g/mol. The number of hydrogen-bond donors (Lipinski definition) is 1. The normalized spacial score (nSPS) is 17.2. The summed E-state index contributed by atoms with van der Waals surface area (Å²) in [7, 11) is 1.56. The molecule has 3 rings (SSSR count). The molecule has 7 heteroatoms. The number of methoxy groups -OCH3 is 1. The number of carbonyl (C=O) groups excluding carboxylic acids is 2. The van der Waals surface area contributed by atoms with Crippen LogP contribution >= 0.6 is 0 Å². The summed E-state index contributed by atoms with van der Waals surface area (Å²) in [5.74, 6) is -0.0183. The van der Waals surface area contributed by atoms with Crippen LogP contribution in [0.25, 0.3) is 5.76 Å². The van der Waals surface area contributed by atoms with Crippen LogP contribution in [-0.2, 0) is 9.59 Å². The van der Waals surface area contributed by atoms with Crippen LogP contribution in [0.3, 0.4) is 0 Å². The van der Waals surface area contributed by atoms with Gasteiger partial charge in [0.2, 0.25) is 0 Å². The van der Waals surface area contributed by atoms with Crippen molar-refractivity contribution in [3.8, 4) is 17.2 Å². The Balaban J connectivity index is 2.17. The number of amides is 1. The molecule has 1 aliphatic rings. The van der Waals surface area contributed by atoms with E-state index in [0.717, 1.165) is 19.3 Å². The van der Waals surface area contributed by atoms with Gasteiger partial charge in [-0.15, -0.1) is 0 Å². The minimum atomic E-state index is -0.729. The molecule has 0 aliphatic carbocycles. The zero-order valence-corrected chi connectivity index (χ0v) is 20.3. The standard InChI is InChI=1S/C27H33NO6/c1-5-8-9-15-28-24(18-11-10-12-19(16-18)32-4)23(26(30)27(28)31)25(29)21-14-13-20(33-6-2)17-22(21)34-7-3/h10-14,16-17,24,29H,5-9,15H2,1-4H3/b25-23-. The minimum absolute atomic E-state index is 0.0415. The molecule has 1 saturated heterocycles. The summed E-state index contributed by atoms with van der Waals surface area (Å²) in [4.78, 5) is 27.9. The predicted molar refractivity (Wildman–Crippen MR) is 130 cm³/mol. The number of unbranched alkanes of at least 4 members (excludes halogenated alkanes) is 2. The largest absolute Gasteiger partial charge is 0.507 e. The quantitative estimate of drug-likeness (QED) is 0.214. The second-order valence-electron chi connectivity index (χ2n) is 8.00. The molecule has 1 heterocycles. The van der Waals surface area contributed by atoms with E-state index >= 15 is 0 Å². The Kier molecular flexibility index (Phi) is 8.57. The van der Waals surface area contributed by atoms with Crippen molar-refractivity contribution in [2.45, 2.75) is 46.1 Å². The number of aliphatic hydroxyl groups is 1. The molecule has 0 bridgehead atoms. The Morgan fingerprint density at radius 1 is 0.971 bits per heavy atom. The number of hydrogen-bond acceptors (Lipinski definition) is 6. The fourth-order valence-corrected chi connectivity index (χ4v) is 4.18. The van der Waals surface area contributed by atoms with Gasteiger partial charge in [-0.05, 0) is 50.1 Å². The van der Waals surface area contributed by atoms with Gasteiger partial charge in [0.25, 0.3) is 11.7 Å². The van der Waals surface area contributed by atoms with Gasteiger partial charge in [0, 0.05) is 12.6 Å². The van der Waals surface area contributed by atoms with Gasteiger partial charge >= 0.3 is 0 Å². The summed E-state index contributed by atoms with van der Waals surface area (Å²) in [6.07, 6.45) is 2.68. The third-order valence-corrected chi connectivity index (χ3v) is 5.77. The van der Waals surface area contributed by atoms with Crippen LogP contribution in [-0.4, -0.2) is 48.6 Å². The summed E-state index contributed by atoms with van der Waals surface area (Å²) in [6.45, 7) is 7.05. The molecule has 1 unspecified atom stereocenters. The molecule has 1 N–H and O–H groups in total. The van der Waals surface area contributed by atoms with Crippen LogP contribution in [0.15, 0.2) is 48.0 Å². The fourth-order valence-electron chi connectivity index (χ4n) is 4.18. The highest BCUT2D eigenvalue weighted by molar-refractivity contribution is 6.46. The zero-order valence-electron chi connectivity index (χ0n) is 20.3. The van der Waals surface area contributed by atoms with Crippen LogP contribution in [0.4, 0.5) is 0 Å². The molecule has 0 saturated carbocycles. The molecule has 1 atom stereocenters. The Morgan fingerprint density at radius 3 is 2.41 bits per heavy atom. The van der Waals surface area contributed by atoms with Crippen molar-refractivity contribution in [2.75, 3.05) is 26.9 Å². The molecular weight excluding hydrogens is 434 g/mol. The van der Waals surface area contributed by atoms with E-state index in [1.807, 2.05) is 26.0 Å². The lowest BCUT2D eigenvalue weighted by Crippen LogP contribution is -2.30. The van der Waals surface area contributed by atoms with Crippen molar-refractivity contribution in [1.82, 2.24) is 4.90 Å². The Morgan fingerprint density at radius 2 is 1.74 bits per heavy atom. The first-order valence-electron chi connectivity index (χ1n) is 11.8. The Hall–Kier alpha value is -3.48. The van der Waals surface area contributed by atoms with Crippen LogP contribution in [0, 0.1) is 0 Å². The van der Waals surface area contributed by atoms with Crippen LogP contribution in [0.2, 0.25) is 0 Å². The molecule has 34 heavy (non-hydrogen) atoms. The van der Waals surface area contributed by atoms with Gasteiger partial charge in [-0.2, -0.15) is 0 Å². The van der Waals surface area contributed by atoms with Crippen molar-refractivity contribution in [2.24, 2.45) is 0 Å². The number of benzene rings is 2. The second-order valence-corrected chi connectivity index (χ2v) is 8.00. The second kappa shape index (κ2) is 11.6. The maximum atomic E-state index is 13.2. The molecule has 0 radical (unpaired) electrons. The lowest BCUT2D eigenvalue weighted by atomic mass is 9.94. The van der Waals surface area contributed by atoms with E-state index in [4.69, 9.17) is 14.2 Å². The highest BCUT2D eigenvalue weighted by Crippen LogP contribution is 2.42. The van der Waals surface area contributed by atoms with Crippen molar-refractivity contribution >= 4 is 17.4 Å². The third-order valence-electron chi connectivity index (χ3n) is 5.77. The predicted octanol–water partition coefficient (Wildman–Crippen LogP) is 5.10. The zero-order chi connectivity index (χ0) is 24.7. The molecular formula is C27H33NO6. The highest BCUT2D eigenvalue weighted by atomic mass is 16.5. The van der Waals surface area contributed by atoms with E-state index in [9.17, 15) is 14.7 Å². The molecule has 2 aromatic carbocycles. The van der Waals surface area contributed by atoms with Gasteiger partial charge in [0.15, 0.2) is 0 Å². The lowest BCUT2D eigenvalue weighted by molar-refractivity contribution is -0.139. The fraction of sp³-hybridized carbons (Fsp3) is 0.407. The van der Waals surface area contributed by atoms with Crippen LogP contribution in [0.5, 0.6) is 17.2 Å². The third kappa shape index (κ3) is 5.19. The monoisotopic (exact) mass is 467 g/mol. The van der Waals surface area contributed by atoms with Gasteiger partial charge in [0.1, 0.15) is 23.0 Å². The SMILES string of the molecule is CCCCCN1C(=O)C(=O)/C(=C(\O)c2ccc(OCC)cc2OCC)C1c1cccc(OC)c1. The van der Waals surface area contributed by atoms with E-state index in [1.54, 1.807) is 42.3 Å². The minimum Gasteiger partial charge on any atom is -0.507 e. The molecule has 0 spiro atoms. The maximum Gasteiger partial charge on any atom is 0.295 e. The molecule has 0 aromatic heterocycles. The summed E-state index contributed by atoms with van der Waals surface area (Å²) in [5.41, 5.74) is 1.07. The summed E-state index contributed by atoms with van der Waals surface area (Å²) >= 11 is 0. The van der Waals surface area contributed by atoms with E-state index in [1.165, 1.54) is 0 Å². The highest BCUT2D eigenvalue weighted by Gasteiger charge is 2.46. The summed E-state index contributed by atoms with van der Waals surface area (Å²) < 4.78 is 16.7. The van der Waals surface area contributed by atoms with Crippen LogP contribution < -0.4 is 14.2 Å². The van der Waals surface area contributed by atoms with Crippen molar-refractivity contribution in [3.05, 3.63) is 59.2 Å². The molecule has 1 fully saturated rings. The smallest absolute Gasteiger partial charge is 0.295 e. The lowest BCUT2D eigenvalue weighted by Gasteiger charge is -2.25. The van der Waals surface area contributed by atoms with Gasteiger partial charge in [0.05, 0.1) is 37.5 Å². The number of ether oxygens (including phenoxy) is 3. The molecule has 7 nitrogen and oxygen atoms in total. The van der Waals surface area contributed by atoms with E-state index in [-0.39, 0.29) is 11.3 Å². The van der Waals surface area contributed by atoms with E-state index in [2.05, 4.69) is 6.92 Å². The van der Waals surface area contributed by atoms with Crippen molar-refractivity contribution in [3.63, 3.8) is 0 Å². The van der Waals surface area contributed by atoms with Gasteiger partial charge in [-0.1, -0.05) is 31.9 Å². The number of Topliss-reactive ketones (excluding diaryl/α,β-unsaturated/α-hetero) is 1. The van der Waals surface area contributed by atoms with Crippen LogP contribution in [0.1, 0.15) is 57.2 Å². The van der Waals surface area contributed by atoms with Crippen molar-refractivity contribution < 1.29 is 28.9 Å². The Labute approximate surface area is 200 Å². The number of aliphatic hydroxyl groups excluding tert-OH is 1. The summed E-state index contributed by atoms with van der Waals surface area (Å²) in [5, 5.41) is 11.4. The topological polar surface area (TPSA) is 85.3 Å². The van der Waals surface area contributed by atoms with Crippen molar-refractivity contribution in [1.29, 1.82) is 0 Å². The first-order valence-corrected chi connectivity index (χ1v) is 11.8. The number of ketones is 1. The number of nitrogens with zero attached hydrogens (tertiary/aromatic N) is 1. The number of carbonyl (C=O) groups is 2. The first-order chi connectivity index (χ1) is 16.5. The Bertz CT molecular complexity index is 1060. The molecule has 1 aliphatic heterocycles. The van der Waals surface area contributed by atoms with E-state index in [0.29, 0.717) is 48.1 Å². The maximum absolute atomic E-state index is 13.2. The first kappa shape index (κ1) is 25.1. The van der Waals surface area contributed by atoms with E-state index < -0.39 is 17.7 Å². The van der Waals surface area contributed by atoms with Gasteiger partial charge in [-0.25, -0.2) is 0 Å². The van der Waals surface area contributed by atoms with Gasteiger partial charge < -0.3 is 24.2 Å². The summed E-state index contributed by atoms with van der Waals surface area (Å²) in [6, 6.07) is 11.5. The number of likely N-dealkylation sites (tertiary alicyclic amines) is 1. The average Bonchev–Trinajstić information content (AvgIpc) is 3.09. The molecule has 2 aromatic rings. The number of rotatable bonds is 11. The van der Waals surface area contributed by atoms with Gasteiger partial charge in [-0.3, -0.25) is 9.59 Å².